The summed E-state index contributed by atoms with van der Waals surface area (Å²) < 4.78 is 0. The van der Waals surface area contributed by atoms with Crippen LogP contribution in [0.25, 0.3) is 0 Å². The van der Waals surface area contributed by atoms with Crippen LogP contribution in [0.1, 0.15) is 104 Å². The minimum Gasteiger partial charge on any atom is -0.0654 e. The Balaban J connectivity index is 2.96. The fraction of sp³-hybridized carbons (Fsp3) is 1.00. The molecule has 0 amide bonds. The molecule has 0 aliphatic heterocycles. The minimum absolute atomic E-state index is 0.707. The number of hydrogen-bond acceptors (Lipinski definition) is 0. The second kappa shape index (κ2) is 17.4. The largest absolute Gasteiger partial charge is 0.107 e. The van der Waals surface area contributed by atoms with E-state index in [1.807, 2.05) is 0 Å². The van der Waals surface area contributed by atoms with Gasteiger partial charge in [-0.05, 0) is 30.7 Å². The highest BCUT2D eigenvalue weighted by Crippen LogP contribution is 2.13. The van der Waals surface area contributed by atoms with Gasteiger partial charge in [0, 0.05) is 0 Å². The molecule has 0 aromatic rings. The van der Waals surface area contributed by atoms with E-state index in [0.29, 0.717) is 10.9 Å². The monoisotopic (exact) mass is 301 g/mol. The Morgan fingerprint density at radius 2 is 0.850 bits per heavy atom. The molecule has 0 aromatic heterocycles. The van der Waals surface area contributed by atoms with Crippen LogP contribution < -0.4 is 0 Å². The van der Waals surface area contributed by atoms with Gasteiger partial charge in [-0.3, -0.25) is 0 Å². The zero-order valence-corrected chi connectivity index (χ0v) is 15.5. The van der Waals surface area contributed by atoms with Gasteiger partial charge >= 0.3 is 0 Å². The molecule has 0 spiro atoms. The lowest BCUT2D eigenvalue weighted by atomic mass is 10.0. The summed E-state index contributed by atoms with van der Waals surface area (Å²) in [4.78, 5) is 0. The lowest BCUT2D eigenvalue weighted by molar-refractivity contribution is 0.538. The zero-order valence-electron chi connectivity index (χ0n) is 14.7. The molecule has 0 nitrogen and oxygen atoms in total. The molecule has 1 heteroatoms. The predicted molar refractivity (Wildman–Crippen MR) is 99.0 cm³/mol. The third-order valence-electron chi connectivity index (χ3n) is 4.34. The summed E-state index contributed by atoms with van der Waals surface area (Å²) in [5, 5.41) is 0. The number of rotatable bonds is 16. The molecule has 0 aliphatic carbocycles. The van der Waals surface area contributed by atoms with E-state index in [1.54, 1.807) is 0 Å². The highest BCUT2D eigenvalue weighted by molar-refractivity contribution is 7.96. The van der Waals surface area contributed by atoms with Crippen LogP contribution in [0.5, 0.6) is 0 Å². The van der Waals surface area contributed by atoms with E-state index in [4.69, 9.17) is 0 Å². The van der Waals surface area contributed by atoms with Gasteiger partial charge in [0.05, 0.1) is 6.26 Å². The SMILES string of the molecule is CCCCCCCCCCCCCCCC[S+](C)CC. The van der Waals surface area contributed by atoms with Gasteiger partial charge in [0.25, 0.3) is 0 Å². The van der Waals surface area contributed by atoms with Crippen LogP contribution in [0, 0.1) is 0 Å². The Bertz CT molecular complexity index is 167. The van der Waals surface area contributed by atoms with Crippen molar-refractivity contribution in [2.75, 3.05) is 17.8 Å². The second-order valence-electron chi connectivity index (χ2n) is 6.37. The fourth-order valence-electron chi connectivity index (χ4n) is 2.69. The predicted octanol–water partition coefficient (Wildman–Crippen LogP) is 6.74. The minimum atomic E-state index is 0.707. The van der Waals surface area contributed by atoms with Crippen molar-refractivity contribution in [1.29, 1.82) is 0 Å². The van der Waals surface area contributed by atoms with Crippen molar-refractivity contribution in [3.63, 3.8) is 0 Å². The summed E-state index contributed by atoms with van der Waals surface area (Å²) in [6, 6.07) is 0. The summed E-state index contributed by atoms with van der Waals surface area (Å²) in [5.74, 6) is 2.87. The first kappa shape index (κ1) is 20.3. The summed E-state index contributed by atoms with van der Waals surface area (Å²) in [6.07, 6.45) is 23.0. The van der Waals surface area contributed by atoms with Crippen LogP contribution in [0.3, 0.4) is 0 Å². The van der Waals surface area contributed by atoms with E-state index < -0.39 is 0 Å². The van der Waals surface area contributed by atoms with Crippen molar-refractivity contribution in [2.45, 2.75) is 104 Å². The van der Waals surface area contributed by atoms with Gasteiger partial charge in [-0.15, -0.1) is 0 Å². The fourth-order valence-corrected chi connectivity index (χ4v) is 3.67. The van der Waals surface area contributed by atoms with Crippen molar-refractivity contribution >= 4 is 10.9 Å². The van der Waals surface area contributed by atoms with Crippen LogP contribution in [0.2, 0.25) is 0 Å². The highest BCUT2D eigenvalue weighted by Gasteiger charge is 2.05. The zero-order chi connectivity index (χ0) is 14.9. The molecule has 0 saturated heterocycles. The Kier molecular flexibility index (Phi) is 17.7. The maximum atomic E-state index is 2.42. The molecule has 122 valence electrons. The van der Waals surface area contributed by atoms with Gasteiger partial charge < -0.3 is 0 Å². The van der Waals surface area contributed by atoms with Gasteiger partial charge in [0.15, 0.2) is 0 Å². The topological polar surface area (TPSA) is 0 Å². The molecule has 0 bridgehead atoms. The maximum absolute atomic E-state index is 2.42. The highest BCUT2D eigenvalue weighted by atomic mass is 32.2. The van der Waals surface area contributed by atoms with Crippen LogP contribution in [-0.2, 0) is 10.9 Å². The Hall–Kier alpha value is 0.350. The van der Waals surface area contributed by atoms with E-state index in [1.165, 1.54) is 101 Å². The standard InChI is InChI=1S/C19H41S/c1-4-6-7-8-9-10-11-12-13-14-15-16-17-18-19-20(3)5-2/h4-19H2,1-3H3/q+1. The van der Waals surface area contributed by atoms with Gasteiger partial charge in [0.1, 0.15) is 11.5 Å². The average Bonchev–Trinajstić information content (AvgIpc) is 2.47. The quantitative estimate of drug-likeness (QED) is 0.219. The van der Waals surface area contributed by atoms with Crippen LogP contribution >= 0.6 is 0 Å². The Morgan fingerprint density at radius 3 is 1.20 bits per heavy atom. The molecule has 0 saturated carbocycles. The van der Waals surface area contributed by atoms with Crippen molar-refractivity contribution in [3.05, 3.63) is 0 Å². The molecule has 0 N–H and O–H groups in total. The molecule has 0 aromatic carbocycles. The van der Waals surface area contributed by atoms with Gasteiger partial charge in [-0.2, -0.15) is 0 Å². The summed E-state index contributed by atoms with van der Waals surface area (Å²) >= 11 is 0. The van der Waals surface area contributed by atoms with E-state index in [0.717, 1.165) is 0 Å². The summed E-state index contributed by atoms with van der Waals surface area (Å²) in [7, 11) is 0.707. The Morgan fingerprint density at radius 1 is 0.500 bits per heavy atom. The molecular formula is C19H41S+. The van der Waals surface area contributed by atoms with E-state index in [2.05, 4.69) is 20.1 Å². The third kappa shape index (κ3) is 16.4. The summed E-state index contributed by atoms with van der Waals surface area (Å²) in [6.45, 7) is 4.62. The third-order valence-corrected chi connectivity index (χ3v) is 6.31. The normalized spacial score (nSPS) is 12.8. The van der Waals surface area contributed by atoms with Gasteiger partial charge in [0.2, 0.25) is 0 Å². The lowest BCUT2D eigenvalue weighted by Crippen LogP contribution is -2.06. The first-order valence-corrected chi connectivity index (χ1v) is 11.4. The van der Waals surface area contributed by atoms with Crippen molar-refractivity contribution in [1.82, 2.24) is 0 Å². The summed E-state index contributed by atoms with van der Waals surface area (Å²) in [5.41, 5.74) is 0. The second-order valence-corrected chi connectivity index (χ2v) is 8.92. The van der Waals surface area contributed by atoms with Crippen LogP contribution in [0.15, 0.2) is 0 Å². The lowest BCUT2D eigenvalue weighted by Gasteiger charge is -2.03. The molecule has 1 atom stereocenters. The van der Waals surface area contributed by atoms with E-state index in [-0.39, 0.29) is 0 Å². The molecule has 1 unspecified atom stereocenters. The Labute approximate surface area is 132 Å². The van der Waals surface area contributed by atoms with E-state index in [9.17, 15) is 0 Å². The van der Waals surface area contributed by atoms with E-state index >= 15 is 0 Å². The first-order valence-electron chi connectivity index (χ1n) is 9.40. The molecule has 20 heavy (non-hydrogen) atoms. The molecule has 0 aliphatic rings. The smallest absolute Gasteiger partial charge is 0.0654 e. The number of hydrogen-bond donors (Lipinski definition) is 0. The molecule has 0 heterocycles. The van der Waals surface area contributed by atoms with Crippen molar-refractivity contribution in [3.8, 4) is 0 Å². The molecule has 0 fully saturated rings. The molecule has 0 rings (SSSR count). The first-order chi connectivity index (χ1) is 9.81. The van der Waals surface area contributed by atoms with Crippen LogP contribution in [-0.4, -0.2) is 17.8 Å². The van der Waals surface area contributed by atoms with Gasteiger partial charge in [-0.25, -0.2) is 0 Å². The molecular weight excluding hydrogens is 260 g/mol. The molecule has 0 radical (unpaired) electrons. The average molecular weight is 302 g/mol. The van der Waals surface area contributed by atoms with Gasteiger partial charge in [-0.1, -0.05) is 84.0 Å². The van der Waals surface area contributed by atoms with Crippen LogP contribution in [0.4, 0.5) is 0 Å². The maximum Gasteiger partial charge on any atom is 0.107 e. The number of unbranched alkanes of at least 4 members (excludes halogenated alkanes) is 13. The van der Waals surface area contributed by atoms with Crippen molar-refractivity contribution < 1.29 is 0 Å². The van der Waals surface area contributed by atoms with Crippen molar-refractivity contribution in [2.24, 2.45) is 0 Å².